The van der Waals surface area contributed by atoms with E-state index in [-0.39, 0.29) is 23.4 Å². The first-order valence-electron chi connectivity index (χ1n) is 8.72. The highest BCUT2D eigenvalue weighted by Crippen LogP contribution is 2.47. The molecule has 2 N–H and O–H groups in total. The van der Waals surface area contributed by atoms with Crippen LogP contribution in [0.2, 0.25) is 18.1 Å². The van der Waals surface area contributed by atoms with Crippen LogP contribution in [0.15, 0.2) is 21.9 Å². The molecular formula is C17H29ClN2O5Si. The minimum Gasteiger partial charge on any atom is -0.410 e. The van der Waals surface area contributed by atoms with Crippen LogP contribution >= 0.6 is 11.6 Å². The van der Waals surface area contributed by atoms with E-state index in [1.807, 2.05) is 6.92 Å². The number of halogens is 1. The summed E-state index contributed by atoms with van der Waals surface area (Å²) in [5.74, 6) is -0.222. The lowest BCUT2D eigenvalue weighted by Gasteiger charge is -2.43. The Labute approximate surface area is 159 Å². The van der Waals surface area contributed by atoms with Gasteiger partial charge in [-0.05, 0) is 18.1 Å². The maximum absolute atomic E-state index is 12.2. The zero-order valence-corrected chi connectivity index (χ0v) is 18.0. The van der Waals surface area contributed by atoms with E-state index in [9.17, 15) is 14.7 Å². The van der Waals surface area contributed by atoms with Gasteiger partial charge in [0.2, 0.25) is 0 Å². The Morgan fingerprint density at radius 2 is 2.04 bits per heavy atom. The smallest absolute Gasteiger partial charge is 0.330 e. The van der Waals surface area contributed by atoms with E-state index in [0.717, 1.165) is 0 Å². The average molecular weight is 405 g/mol. The molecule has 148 valence electrons. The average Bonchev–Trinajstić information content (AvgIpc) is 2.80. The third-order valence-electron chi connectivity index (χ3n) is 5.65. The topological polar surface area (TPSA) is 93.5 Å². The van der Waals surface area contributed by atoms with Crippen LogP contribution in [-0.2, 0) is 9.16 Å². The Morgan fingerprint density at radius 1 is 1.42 bits per heavy atom. The Bertz CT molecular complexity index is 751. The minimum atomic E-state index is -2.18. The van der Waals surface area contributed by atoms with Crippen LogP contribution < -0.4 is 11.2 Å². The van der Waals surface area contributed by atoms with Crippen molar-refractivity contribution in [2.75, 3.05) is 12.5 Å². The molecule has 2 heterocycles. The fraction of sp³-hybridized carbons (Fsp3) is 0.765. The highest BCUT2D eigenvalue weighted by atomic mass is 35.5. The molecule has 1 aromatic heterocycles. The summed E-state index contributed by atoms with van der Waals surface area (Å²) in [5.41, 5.74) is -2.16. The molecule has 4 atom stereocenters. The van der Waals surface area contributed by atoms with Crippen LogP contribution in [-0.4, -0.2) is 47.2 Å². The number of H-pyrrole nitrogens is 1. The second kappa shape index (κ2) is 7.24. The van der Waals surface area contributed by atoms with E-state index in [1.54, 1.807) is 0 Å². The molecule has 1 saturated heterocycles. The molecule has 7 nitrogen and oxygen atoms in total. The number of ether oxygens (including phenoxy) is 1. The Morgan fingerprint density at radius 3 is 2.50 bits per heavy atom. The summed E-state index contributed by atoms with van der Waals surface area (Å²) >= 11 is 6.19. The summed E-state index contributed by atoms with van der Waals surface area (Å²) in [4.78, 5) is 25.8. The van der Waals surface area contributed by atoms with Crippen molar-refractivity contribution in [3.05, 3.63) is 33.1 Å². The molecule has 0 radical (unpaired) electrons. The lowest BCUT2D eigenvalue weighted by molar-refractivity contribution is -0.112. The van der Waals surface area contributed by atoms with Crippen molar-refractivity contribution in [1.82, 2.24) is 9.55 Å². The zero-order valence-electron chi connectivity index (χ0n) is 16.2. The van der Waals surface area contributed by atoms with Gasteiger partial charge in [0.25, 0.3) is 5.56 Å². The largest absolute Gasteiger partial charge is 0.410 e. The van der Waals surface area contributed by atoms with Gasteiger partial charge in [0.15, 0.2) is 8.32 Å². The number of hydrogen-bond donors (Lipinski definition) is 2. The fourth-order valence-corrected chi connectivity index (χ4v) is 4.68. The van der Waals surface area contributed by atoms with Crippen LogP contribution in [0, 0.1) is 5.92 Å². The summed E-state index contributed by atoms with van der Waals surface area (Å²) in [6.07, 6.45) is 0.225. The zero-order chi connectivity index (χ0) is 19.9. The molecule has 2 rings (SSSR count). The Balaban J connectivity index is 2.46. The van der Waals surface area contributed by atoms with Gasteiger partial charge >= 0.3 is 5.69 Å². The SMILES string of the molecule is C[C@H]1C(O[Si](C)(C)C(C)(C)C)[C@](CO)(CCl)O[C@H]1n1ccc(=O)[nH]c1=O. The van der Waals surface area contributed by atoms with Crippen LogP contribution in [0.5, 0.6) is 0 Å². The lowest BCUT2D eigenvalue weighted by atomic mass is 9.93. The van der Waals surface area contributed by atoms with E-state index in [1.165, 1.54) is 16.8 Å². The number of aliphatic hydroxyl groups is 1. The fourth-order valence-electron chi connectivity index (χ4n) is 2.97. The van der Waals surface area contributed by atoms with Crippen LogP contribution in [0.25, 0.3) is 0 Å². The van der Waals surface area contributed by atoms with Gasteiger partial charge in [-0.3, -0.25) is 14.3 Å². The van der Waals surface area contributed by atoms with Gasteiger partial charge in [0.1, 0.15) is 11.8 Å². The third-order valence-corrected chi connectivity index (χ3v) is 10.6. The van der Waals surface area contributed by atoms with Crippen molar-refractivity contribution in [3.63, 3.8) is 0 Å². The predicted octanol–water partition coefficient (Wildman–Crippen LogP) is 2.06. The summed E-state index contributed by atoms with van der Waals surface area (Å²) in [5, 5.41) is 10.0. The Hall–Kier alpha value is -0.933. The molecule has 26 heavy (non-hydrogen) atoms. The standard InChI is InChI=1S/C17H29ClN2O5Si/c1-11-13(25-26(5,6)16(2,3)4)17(9-18,10-21)24-14(11)20-8-7-12(22)19-15(20)23/h7-8,11,13-14,21H,9-10H2,1-6H3,(H,19,22,23)/t11-,13?,14+,17+/m0/s1. The summed E-state index contributed by atoms with van der Waals surface area (Å²) in [7, 11) is -2.18. The van der Waals surface area contributed by atoms with Gasteiger partial charge in [-0.25, -0.2) is 4.79 Å². The number of nitrogens with zero attached hydrogens (tertiary/aromatic N) is 1. The van der Waals surface area contributed by atoms with Crippen molar-refractivity contribution in [2.45, 2.75) is 63.8 Å². The van der Waals surface area contributed by atoms with Crippen molar-refractivity contribution < 1.29 is 14.3 Å². The van der Waals surface area contributed by atoms with Gasteiger partial charge in [-0.1, -0.05) is 27.7 Å². The number of nitrogens with one attached hydrogen (secondary N) is 1. The molecule has 0 spiro atoms. The van der Waals surface area contributed by atoms with Crippen LogP contribution in [0.3, 0.4) is 0 Å². The first-order chi connectivity index (χ1) is 11.9. The summed E-state index contributed by atoms with van der Waals surface area (Å²) in [6, 6.07) is 1.26. The van der Waals surface area contributed by atoms with Gasteiger partial charge in [0.05, 0.1) is 18.6 Å². The van der Waals surface area contributed by atoms with Gasteiger partial charge in [-0.15, -0.1) is 11.6 Å². The number of aromatic nitrogens is 2. The molecular weight excluding hydrogens is 376 g/mol. The van der Waals surface area contributed by atoms with Gasteiger partial charge in [0, 0.05) is 18.2 Å². The van der Waals surface area contributed by atoms with Crippen LogP contribution in [0.4, 0.5) is 0 Å². The van der Waals surface area contributed by atoms with E-state index in [0.29, 0.717) is 0 Å². The normalized spacial score (nSPS) is 29.9. The first kappa shape index (κ1) is 21.4. The number of aliphatic hydroxyl groups excluding tert-OH is 1. The van der Waals surface area contributed by atoms with E-state index >= 15 is 0 Å². The van der Waals surface area contributed by atoms with Crippen molar-refractivity contribution >= 4 is 19.9 Å². The van der Waals surface area contributed by atoms with Gasteiger partial charge < -0.3 is 14.3 Å². The van der Waals surface area contributed by atoms with Crippen LogP contribution in [0.1, 0.15) is 33.9 Å². The first-order valence-corrected chi connectivity index (χ1v) is 12.2. The molecule has 1 unspecified atom stereocenters. The summed E-state index contributed by atoms with van der Waals surface area (Å²) in [6.45, 7) is 12.2. The minimum absolute atomic E-state index is 0.0295. The molecule has 0 bridgehead atoms. The molecule has 1 aromatic rings. The van der Waals surface area contributed by atoms with Gasteiger partial charge in [-0.2, -0.15) is 0 Å². The summed E-state index contributed by atoms with van der Waals surface area (Å²) < 4.78 is 14.0. The molecule has 0 aromatic carbocycles. The number of rotatable bonds is 5. The number of alkyl halides is 1. The molecule has 9 heteroatoms. The molecule has 1 aliphatic heterocycles. The molecule has 1 aliphatic rings. The predicted molar refractivity (Wildman–Crippen MR) is 103 cm³/mol. The molecule has 0 saturated carbocycles. The molecule has 1 fully saturated rings. The van der Waals surface area contributed by atoms with E-state index in [4.69, 9.17) is 20.8 Å². The molecule has 0 amide bonds. The maximum Gasteiger partial charge on any atom is 0.330 e. The second-order valence-electron chi connectivity index (χ2n) is 8.54. The quantitative estimate of drug-likeness (QED) is 0.578. The van der Waals surface area contributed by atoms with E-state index < -0.39 is 37.5 Å². The number of hydrogen-bond acceptors (Lipinski definition) is 5. The maximum atomic E-state index is 12.2. The van der Waals surface area contributed by atoms with Crippen molar-refractivity contribution in [1.29, 1.82) is 0 Å². The highest BCUT2D eigenvalue weighted by Gasteiger charge is 2.57. The lowest BCUT2D eigenvalue weighted by Crippen LogP contribution is -2.54. The van der Waals surface area contributed by atoms with Crippen molar-refractivity contribution in [3.8, 4) is 0 Å². The third kappa shape index (κ3) is 3.70. The Kier molecular flexibility index (Phi) is 5.95. The highest BCUT2D eigenvalue weighted by molar-refractivity contribution is 6.74. The molecule has 0 aliphatic carbocycles. The monoisotopic (exact) mass is 404 g/mol. The number of aromatic amines is 1. The second-order valence-corrected chi connectivity index (χ2v) is 13.6. The van der Waals surface area contributed by atoms with E-state index in [2.05, 4.69) is 38.8 Å². The van der Waals surface area contributed by atoms with Crippen molar-refractivity contribution in [2.24, 2.45) is 5.92 Å².